The Morgan fingerprint density at radius 3 is 3.08 bits per heavy atom. The Bertz CT molecular complexity index is 243. The maximum Gasteiger partial charge on any atom is 0.307 e. The quantitative estimate of drug-likeness (QED) is 0.681. The van der Waals surface area contributed by atoms with E-state index in [-0.39, 0.29) is 18.4 Å². The van der Waals surface area contributed by atoms with Crippen molar-refractivity contribution in [2.24, 2.45) is 5.73 Å². The lowest BCUT2D eigenvalue weighted by atomic mass is 10.1. The van der Waals surface area contributed by atoms with Gasteiger partial charge in [0.1, 0.15) is 0 Å². The highest BCUT2D eigenvalue weighted by Crippen LogP contribution is 2.14. The van der Waals surface area contributed by atoms with Crippen LogP contribution in [0.5, 0.6) is 0 Å². The number of furan rings is 1. The van der Waals surface area contributed by atoms with Crippen LogP contribution in [0.2, 0.25) is 0 Å². The Balaban J connectivity index is 2.49. The van der Waals surface area contributed by atoms with E-state index in [0.717, 1.165) is 5.56 Å². The van der Waals surface area contributed by atoms with Crippen LogP contribution in [-0.4, -0.2) is 13.1 Å². The minimum absolute atomic E-state index is 0.177. The van der Waals surface area contributed by atoms with Gasteiger partial charge in [0.05, 0.1) is 26.1 Å². The number of carbonyl (C=O) groups is 1. The molecule has 2 N–H and O–H groups in total. The molecule has 0 aliphatic carbocycles. The van der Waals surface area contributed by atoms with Crippen LogP contribution >= 0.6 is 0 Å². The number of ether oxygens (including phenoxy) is 1. The van der Waals surface area contributed by atoms with E-state index in [4.69, 9.17) is 10.2 Å². The molecule has 0 unspecified atom stereocenters. The summed E-state index contributed by atoms with van der Waals surface area (Å²) in [6.07, 6.45) is 3.22. The monoisotopic (exact) mass is 169 g/mol. The maximum absolute atomic E-state index is 10.8. The zero-order chi connectivity index (χ0) is 8.97. The highest BCUT2D eigenvalue weighted by Gasteiger charge is 2.12. The summed E-state index contributed by atoms with van der Waals surface area (Å²) < 4.78 is 9.29. The lowest BCUT2D eigenvalue weighted by Gasteiger charge is -2.06. The van der Waals surface area contributed by atoms with Gasteiger partial charge in [0.2, 0.25) is 0 Å². The van der Waals surface area contributed by atoms with Gasteiger partial charge < -0.3 is 14.9 Å². The number of nitrogens with two attached hydrogens (primary N) is 1. The third kappa shape index (κ3) is 2.10. The smallest absolute Gasteiger partial charge is 0.307 e. The van der Waals surface area contributed by atoms with Crippen LogP contribution in [0.1, 0.15) is 18.0 Å². The summed E-state index contributed by atoms with van der Waals surface area (Å²) in [6.45, 7) is 0. The molecule has 0 fully saturated rings. The average Bonchev–Trinajstić information content (AvgIpc) is 2.56. The Hall–Kier alpha value is -1.29. The van der Waals surface area contributed by atoms with Crippen molar-refractivity contribution in [1.29, 1.82) is 0 Å². The zero-order valence-corrected chi connectivity index (χ0v) is 6.82. The summed E-state index contributed by atoms with van der Waals surface area (Å²) in [7, 11) is 1.34. The van der Waals surface area contributed by atoms with Crippen LogP contribution in [0.25, 0.3) is 0 Å². The summed E-state index contributed by atoms with van der Waals surface area (Å²) in [4.78, 5) is 10.8. The summed E-state index contributed by atoms with van der Waals surface area (Å²) in [5, 5.41) is 0. The van der Waals surface area contributed by atoms with Gasteiger partial charge in [0.15, 0.2) is 0 Å². The molecular formula is C8H11NO3. The van der Waals surface area contributed by atoms with Crippen molar-refractivity contribution >= 4 is 5.97 Å². The molecule has 0 saturated carbocycles. The van der Waals surface area contributed by atoms with Gasteiger partial charge in [-0.05, 0) is 6.07 Å². The van der Waals surface area contributed by atoms with Crippen LogP contribution in [0, 0.1) is 0 Å². The Kier molecular flexibility index (Phi) is 2.88. The minimum Gasteiger partial charge on any atom is -0.472 e. The largest absolute Gasteiger partial charge is 0.472 e. The molecule has 0 saturated heterocycles. The molecular weight excluding hydrogens is 158 g/mol. The Labute approximate surface area is 70.3 Å². The molecule has 0 aromatic carbocycles. The lowest BCUT2D eigenvalue weighted by Crippen LogP contribution is -2.15. The van der Waals surface area contributed by atoms with E-state index in [2.05, 4.69) is 4.74 Å². The third-order valence-corrected chi connectivity index (χ3v) is 1.59. The molecule has 0 radical (unpaired) electrons. The van der Waals surface area contributed by atoms with Crippen LogP contribution in [0.4, 0.5) is 0 Å². The summed E-state index contributed by atoms with van der Waals surface area (Å²) in [5.41, 5.74) is 6.46. The summed E-state index contributed by atoms with van der Waals surface area (Å²) >= 11 is 0. The van der Waals surface area contributed by atoms with Gasteiger partial charge in [0, 0.05) is 11.6 Å². The molecule has 0 bridgehead atoms. The summed E-state index contributed by atoms with van der Waals surface area (Å²) in [6, 6.07) is 1.39. The molecule has 0 aliphatic rings. The van der Waals surface area contributed by atoms with Crippen LogP contribution in [-0.2, 0) is 9.53 Å². The SMILES string of the molecule is COC(=O)C[C@@H](N)c1ccoc1. The molecule has 0 amide bonds. The Morgan fingerprint density at radius 2 is 2.58 bits per heavy atom. The topological polar surface area (TPSA) is 65.5 Å². The van der Waals surface area contributed by atoms with E-state index in [9.17, 15) is 4.79 Å². The van der Waals surface area contributed by atoms with E-state index < -0.39 is 0 Å². The third-order valence-electron chi connectivity index (χ3n) is 1.59. The molecule has 1 aromatic rings. The van der Waals surface area contributed by atoms with Crippen molar-refractivity contribution in [3.05, 3.63) is 24.2 Å². The minimum atomic E-state index is -0.337. The lowest BCUT2D eigenvalue weighted by molar-refractivity contribution is -0.141. The predicted molar refractivity (Wildman–Crippen MR) is 42.3 cm³/mol. The first-order valence-corrected chi connectivity index (χ1v) is 3.58. The molecule has 0 spiro atoms. The highest BCUT2D eigenvalue weighted by molar-refractivity contribution is 5.70. The molecule has 0 aliphatic heterocycles. The second-order valence-electron chi connectivity index (χ2n) is 2.44. The number of hydrogen-bond acceptors (Lipinski definition) is 4. The molecule has 4 nitrogen and oxygen atoms in total. The highest BCUT2D eigenvalue weighted by atomic mass is 16.5. The van der Waals surface area contributed by atoms with Gasteiger partial charge in [-0.3, -0.25) is 4.79 Å². The number of esters is 1. The molecule has 1 aromatic heterocycles. The molecule has 1 atom stereocenters. The predicted octanol–water partition coefficient (Wildman–Crippen LogP) is 0.842. The maximum atomic E-state index is 10.8. The second kappa shape index (κ2) is 3.92. The first-order chi connectivity index (χ1) is 5.74. The fourth-order valence-corrected chi connectivity index (χ4v) is 0.867. The van der Waals surface area contributed by atoms with Crippen molar-refractivity contribution in [2.45, 2.75) is 12.5 Å². The van der Waals surface area contributed by atoms with Gasteiger partial charge in [-0.1, -0.05) is 0 Å². The summed E-state index contributed by atoms with van der Waals surface area (Å²) in [5.74, 6) is -0.316. The zero-order valence-electron chi connectivity index (χ0n) is 6.82. The number of methoxy groups -OCH3 is 1. The van der Waals surface area contributed by atoms with Crippen molar-refractivity contribution in [2.75, 3.05) is 7.11 Å². The van der Waals surface area contributed by atoms with Gasteiger partial charge in [-0.2, -0.15) is 0 Å². The normalized spacial score (nSPS) is 12.5. The average molecular weight is 169 g/mol. The molecule has 1 heterocycles. The van der Waals surface area contributed by atoms with E-state index in [1.807, 2.05) is 0 Å². The van der Waals surface area contributed by atoms with Crippen molar-refractivity contribution in [3.63, 3.8) is 0 Å². The van der Waals surface area contributed by atoms with Gasteiger partial charge in [-0.15, -0.1) is 0 Å². The number of carbonyl (C=O) groups excluding carboxylic acids is 1. The first kappa shape index (κ1) is 8.80. The van der Waals surface area contributed by atoms with Crippen molar-refractivity contribution < 1.29 is 13.9 Å². The molecule has 12 heavy (non-hydrogen) atoms. The fourth-order valence-electron chi connectivity index (χ4n) is 0.867. The molecule has 4 heteroatoms. The van der Waals surface area contributed by atoms with Crippen LogP contribution in [0.3, 0.4) is 0 Å². The van der Waals surface area contributed by atoms with Gasteiger partial charge in [0.25, 0.3) is 0 Å². The van der Waals surface area contributed by atoms with Crippen LogP contribution < -0.4 is 5.73 Å². The number of rotatable bonds is 3. The van der Waals surface area contributed by atoms with Gasteiger partial charge in [-0.25, -0.2) is 0 Å². The second-order valence-corrected chi connectivity index (χ2v) is 2.44. The van der Waals surface area contributed by atoms with E-state index in [1.54, 1.807) is 6.07 Å². The first-order valence-electron chi connectivity index (χ1n) is 3.58. The molecule has 66 valence electrons. The van der Waals surface area contributed by atoms with Gasteiger partial charge >= 0.3 is 5.97 Å². The van der Waals surface area contributed by atoms with E-state index >= 15 is 0 Å². The standard InChI is InChI=1S/C8H11NO3/c1-11-8(10)4-7(9)6-2-3-12-5-6/h2-3,5,7H,4,9H2,1H3/t7-/m1/s1. The van der Waals surface area contributed by atoms with Crippen LogP contribution in [0.15, 0.2) is 23.0 Å². The fraction of sp³-hybridized carbons (Fsp3) is 0.375. The Morgan fingerprint density at radius 1 is 1.83 bits per heavy atom. The number of hydrogen-bond donors (Lipinski definition) is 1. The van der Waals surface area contributed by atoms with E-state index in [1.165, 1.54) is 19.6 Å². The molecule has 1 rings (SSSR count). The van der Waals surface area contributed by atoms with Crippen molar-refractivity contribution in [1.82, 2.24) is 0 Å². The van der Waals surface area contributed by atoms with Crippen molar-refractivity contribution in [3.8, 4) is 0 Å². The van der Waals surface area contributed by atoms with E-state index in [0.29, 0.717) is 0 Å².